The van der Waals surface area contributed by atoms with Crippen LogP contribution in [0.4, 0.5) is 13.2 Å². The molecule has 0 aromatic rings. The highest BCUT2D eigenvalue weighted by atomic mass is 19.4. The molecule has 0 fully saturated rings. The summed E-state index contributed by atoms with van der Waals surface area (Å²) in [5.41, 5.74) is -1.46. The molecule has 0 aliphatic heterocycles. The second kappa shape index (κ2) is 4.44. The fourth-order valence-electron chi connectivity index (χ4n) is 1.25. The molecule has 4 heteroatoms. The van der Waals surface area contributed by atoms with Crippen LogP contribution in [0.5, 0.6) is 0 Å². The van der Waals surface area contributed by atoms with E-state index in [1.165, 1.54) is 19.1 Å². The van der Waals surface area contributed by atoms with Crippen LogP contribution in [0.2, 0.25) is 0 Å². The van der Waals surface area contributed by atoms with Crippen LogP contribution in [-0.4, -0.2) is 12.0 Å². The van der Waals surface area contributed by atoms with Crippen molar-refractivity contribution in [3.05, 3.63) is 25.3 Å². The maximum absolute atomic E-state index is 12.2. The Labute approximate surface area is 81.3 Å². The summed E-state index contributed by atoms with van der Waals surface area (Å²) in [5, 5.41) is 0. The predicted octanol–water partition coefficient (Wildman–Crippen LogP) is 3.28. The Balaban J connectivity index is 4.90. The fraction of sp³-hybridized carbons (Fsp3) is 0.500. The topological polar surface area (TPSA) is 17.1 Å². The van der Waals surface area contributed by atoms with Gasteiger partial charge in [-0.1, -0.05) is 19.1 Å². The highest BCUT2D eigenvalue weighted by Crippen LogP contribution is 2.35. The molecule has 0 aromatic carbocycles. The molecule has 0 amide bonds. The van der Waals surface area contributed by atoms with Gasteiger partial charge in [-0.05, 0) is 12.8 Å². The van der Waals surface area contributed by atoms with Crippen molar-refractivity contribution in [1.29, 1.82) is 0 Å². The van der Waals surface area contributed by atoms with E-state index in [0.29, 0.717) is 0 Å². The number of carbonyl (C=O) groups excluding carboxylic acids is 1. The van der Waals surface area contributed by atoms with Crippen molar-refractivity contribution in [1.82, 2.24) is 0 Å². The van der Waals surface area contributed by atoms with Gasteiger partial charge in [-0.3, -0.25) is 4.79 Å². The molecule has 0 spiro atoms. The summed E-state index contributed by atoms with van der Waals surface area (Å²) in [6.45, 7) is 7.95. The van der Waals surface area contributed by atoms with E-state index in [0.717, 1.165) is 0 Å². The largest absolute Gasteiger partial charge is 0.450 e. The van der Waals surface area contributed by atoms with Crippen LogP contribution < -0.4 is 0 Å². The van der Waals surface area contributed by atoms with Crippen LogP contribution in [0.15, 0.2) is 25.3 Å². The molecule has 0 radical (unpaired) electrons. The van der Waals surface area contributed by atoms with E-state index in [2.05, 4.69) is 13.2 Å². The van der Waals surface area contributed by atoms with E-state index in [-0.39, 0.29) is 12.8 Å². The van der Waals surface area contributed by atoms with Crippen LogP contribution in [0.1, 0.15) is 19.8 Å². The van der Waals surface area contributed by atoms with Crippen LogP contribution >= 0.6 is 0 Å². The molecule has 0 unspecified atom stereocenters. The van der Waals surface area contributed by atoms with Crippen molar-refractivity contribution in [3.63, 3.8) is 0 Å². The summed E-state index contributed by atoms with van der Waals surface area (Å²) in [6.07, 6.45) is -2.17. The number of halogens is 3. The van der Waals surface area contributed by atoms with Gasteiger partial charge in [0.15, 0.2) is 0 Å². The van der Waals surface area contributed by atoms with Gasteiger partial charge in [-0.25, -0.2) is 0 Å². The monoisotopic (exact) mass is 206 g/mol. The van der Waals surface area contributed by atoms with Gasteiger partial charge in [0.1, 0.15) is 0 Å². The first kappa shape index (κ1) is 12.9. The molecule has 0 aliphatic rings. The van der Waals surface area contributed by atoms with Gasteiger partial charge in [0.25, 0.3) is 0 Å². The molecule has 0 saturated carbocycles. The summed E-state index contributed by atoms with van der Waals surface area (Å²) in [7, 11) is 0. The van der Waals surface area contributed by atoms with E-state index in [9.17, 15) is 18.0 Å². The standard InChI is InChI=1S/C10H13F3O/c1-4-6-9(3,7-5-2)8(14)10(11,12)13/h4-5H,1-2,6-7H2,3H3. The van der Waals surface area contributed by atoms with Crippen molar-refractivity contribution >= 4 is 5.78 Å². The van der Waals surface area contributed by atoms with E-state index in [1.807, 2.05) is 0 Å². The van der Waals surface area contributed by atoms with E-state index in [1.54, 1.807) is 0 Å². The number of ketones is 1. The molecule has 0 heterocycles. The van der Waals surface area contributed by atoms with Crippen LogP contribution in [-0.2, 0) is 4.79 Å². The molecule has 0 bridgehead atoms. The molecule has 0 aliphatic carbocycles. The van der Waals surface area contributed by atoms with Crippen LogP contribution in [0.3, 0.4) is 0 Å². The van der Waals surface area contributed by atoms with Gasteiger partial charge in [0, 0.05) is 5.41 Å². The zero-order valence-electron chi connectivity index (χ0n) is 8.03. The average Bonchev–Trinajstić information content (AvgIpc) is 2.02. The summed E-state index contributed by atoms with van der Waals surface area (Å²) in [5.74, 6) is -1.72. The lowest BCUT2D eigenvalue weighted by atomic mass is 9.79. The number of carbonyl (C=O) groups is 1. The molecule has 14 heavy (non-hydrogen) atoms. The van der Waals surface area contributed by atoms with Gasteiger partial charge in [0.05, 0.1) is 0 Å². The lowest BCUT2D eigenvalue weighted by Gasteiger charge is -2.26. The first-order valence-corrected chi connectivity index (χ1v) is 4.11. The Bertz CT molecular complexity index is 230. The number of hydrogen-bond donors (Lipinski definition) is 0. The van der Waals surface area contributed by atoms with Gasteiger partial charge < -0.3 is 0 Å². The van der Waals surface area contributed by atoms with Crippen molar-refractivity contribution < 1.29 is 18.0 Å². The zero-order chi connectivity index (χ0) is 11.4. The summed E-state index contributed by atoms with van der Waals surface area (Å²) in [6, 6.07) is 0. The minimum atomic E-state index is -4.79. The first-order valence-electron chi connectivity index (χ1n) is 4.11. The third kappa shape index (κ3) is 3.01. The highest BCUT2D eigenvalue weighted by Gasteiger charge is 2.48. The fourth-order valence-corrected chi connectivity index (χ4v) is 1.25. The quantitative estimate of drug-likeness (QED) is 0.631. The number of rotatable bonds is 5. The Morgan fingerprint density at radius 2 is 1.57 bits per heavy atom. The average molecular weight is 206 g/mol. The second-order valence-corrected chi connectivity index (χ2v) is 3.37. The minimum absolute atomic E-state index is 0.00262. The molecule has 0 rings (SSSR count). The Kier molecular flexibility index (Phi) is 4.10. The van der Waals surface area contributed by atoms with Crippen molar-refractivity contribution in [2.24, 2.45) is 5.41 Å². The lowest BCUT2D eigenvalue weighted by molar-refractivity contribution is -0.181. The summed E-state index contributed by atoms with van der Waals surface area (Å²) < 4.78 is 36.5. The Morgan fingerprint density at radius 3 is 1.79 bits per heavy atom. The molecule has 1 nitrogen and oxygen atoms in total. The normalized spacial score (nSPS) is 12.3. The SMILES string of the molecule is C=CCC(C)(CC=C)C(=O)C(F)(F)F. The molecular weight excluding hydrogens is 193 g/mol. The van der Waals surface area contributed by atoms with Crippen molar-refractivity contribution in [3.8, 4) is 0 Å². The van der Waals surface area contributed by atoms with Crippen molar-refractivity contribution in [2.75, 3.05) is 0 Å². The third-order valence-electron chi connectivity index (χ3n) is 2.00. The maximum Gasteiger partial charge on any atom is 0.450 e. The molecule has 0 saturated heterocycles. The van der Waals surface area contributed by atoms with Crippen LogP contribution in [0, 0.1) is 5.41 Å². The number of hydrogen-bond acceptors (Lipinski definition) is 1. The zero-order valence-corrected chi connectivity index (χ0v) is 8.03. The molecule has 0 atom stereocenters. The lowest BCUT2D eigenvalue weighted by Crippen LogP contribution is -2.38. The maximum atomic E-state index is 12.2. The predicted molar refractivity (Wildman–Crippen MR) is 48.8 cm³/mol. The van der Waals surface area contributed by atoms with E-state index in [4.69, 9.17) is 0 Å². The Hall–Kier alpha value is -1.06. The highest BCUT2D eigenvalue weighted by molar-refractivity contribution is 5.89. The van der Waals surface area contributed by atoms with Crippen molar-refractivity contribution in [2.45, 2.75) is 25.9 Å². The number of alkyl halides is 3. The summed E-state index contributed by atoms with van der Waals surface area (Å²) in [4.78, 5) is 11.0. The number of Topliss-reactive ketones (excluding diaryl/α,β-unsaturated/α-hetero) is 1. The van der Waals surface area contributed by atoms with Gasteiger partial charge in [0.2, 0.25) is 5.78 Å². The van der Waals surface area contributed by atoms with E-state index < -0.39 is 17.4 Å². The molecular formula is C10H13F3O. The van der Waals surface area contributed by atoms with Gasteiger partial charge in [-0.2, -0.15) is 13.2 Å². The smallest absolute Gasteiger partial charge is 0.289 e. The molecule has 80 valence electrons. The number of allylic oxidation sites excluding steroid dienone is 2. The van der Waals surface area contributed by atoms with Crippen LogP contribution in [0.25, 0.3) is 0 Å². The van der Waals surface area contributed by atoms with Gasteiger partial charge >= 0.3 is 6.18 Å². The Morgan fingerprint density at radius 1 is 1.21 bits per heavy atom. The van der Waals surface area contributed by atoms with Gasteiger partial charge in [-0.15, -0.1) is 13.2 Å². The minimum Gasteiger partial charge on any atom is -0.289 e. The van der Waals surface area contributed by atoms with E-state index >= 15 is 0 Å². The second-order valence-electron chi connectivity index (χ2n) is 3.37. The first-order chi connectivity index (χ1) is 6.28. The molecule has 0 aromatic heterocycles. The molecule has 0 N–H and O–H groups in total. The third-order valence-corrected chi connectivity index (χ3v) is 2.00. The summed E-state index contributed by atoms with van der Waals surface area (Å²) >= 11 is 0.